The van der Waals surface area contributed by atoms with Gasteiger partial charge in [-0.15, -0.1) is 0 Å². The number of hydrogen-bond acceptors (Lipinski definition) is 4. The van der Waals surface area contributed by atoms with Crippen LogP contribution < -0.4 is 15.5 Å². The van der Waals surface area contributed by atoms with Crippen molar-refractivity contribution < 1.29 is 23.8 Å². The maximum absolute atomic E-state index is 14.1. The van der Waals surface area contributed by atoms with Crippen LogP contribution in [0.5, 0.6) is 0 Å². The summed E-state index contributed by atoms with van der Waals surface area (Å²) in [5, 5.41) is 15.4. The summed E-state index contributed by atoms with van der Waals surface area (Å²) < 4.78 is 19.4. The lowest BCUT2D eigenvalue weighted by atomic mass is 10.1. The highest BCUT2D eigenvalue weighted by molar-refractivity contribution is 6.30. The first-order valence-corrected chi connectivity index (χ1v) is 11.9. The summed E-state index contributed by atoms with van der Waals surface area (Å²) in [6.07, 6.45) is 0.549. The number of carboxylic acids is 1. The Bertz CT molecular complexity index is 1240. The van der Waals surface area contributed by atoms with Crippen LogP contribution in [-0.4, -0.2) is 37.4 Å². The summed E-state index contributed by atoms with van der Waals surface area (Å²) in [6.45, 7) is 1.49. The Kier molecular flexibility index (Phi) is 8.07. The number of rotatable bonds is 10. The van der Waals surface area contributed by atoms with Crippen LogP contribution in [0.3, 0.4) is 0 Å². The molecule has 3 N–H and O–H groups in total. The molecule has 9 heteroatoms. The lowest BCUT2D eigenvalue weighted by Crippen LogP contribution is -2.29. The van der Waals surface area contributed by atoms with E-state index in [1.165, 1.54) is 12.1 Å². The number of ether oxygens (including phenoxy) is 1. The first-order valence-electron chi connectivity index (χ1n) is 11.5. The zero-order chi connectivity index (χ0) is 25.7. The highest BCUT2D eigenvalue weighted by atomic mass is 35.5. The number of aliphatic carboxylic acids is 1. The van der Waals surface area contributed by atoms with Crippen LogP contribution in [-0.2, 0) is 16.1 Å². The molecule has 2 amide bonds. The van der Waals surface area contributed by atoms with E-state index in [1.54, 1.807) is 25.3 Å². The fraction of sp³-hybridized carbons (Fsp3) is 0.259. The summed E-state index contributed by atoms with van der Waals surface area (Å²) in [6, 6.07) is 18.3. The molecule has 0 bridgehead atoms. The Hall–Kier alpha value is -3.62. The molecule has 0 aliphatic heterocycles. The van der Waals surface area contributed by atoms with Gasteiger partial charge in [-0.1, -0.05) is 41.9 Å². The molecule has 1 saturated carbocycles. The third kappa shape index (κ3) is 6.33. The van der Waals surface area contributed by atoms with Gasteiger partial charge >= 0.3 is 12.0 Å². The number of nitrogens with zero attached hydrogens (tertiary/aromatic N) is 1. The second-order valence-corrected chi connectivity index (χ2v) is 9.10. The maximum atomic E-state index is 14.1. The predicted molar refractivity (Wildman–Crippen MR) is 138 cm³/mol. The van der Waals surface area contributed by atoms with Crippen molar-refractivity contribution in [1.82, 2.24) is 0 Å². The van der Waals surface area contributed by atoms with E-state index in [2.05, 4.69) is 15.5 Å². The first kappa shape index (κ1) is 25.5. The highest BCUT2D eigenvalue weighted by Crippen LogP contribution is 2.49. The number of anilines is 3. The number of hydrogen-bond donors (Lipinski definition) is 3. The van der Waals surface area contributed by atoms with Gasteiger partial charge in [0.1, 0.15) is 5.82 Å². The molecule has 1 fully saturated rings. The van der Waals surface area contributed by atoms with Gasteiger partial charge in [0.2, 0.25) is 0 Å². The van der Waals surface area contributed by atoms with Crippen molar-refractivity contribution in [2.75, 3.05) is 35.8 Å². The van der Waals surface area contributed by atoms with E-state index in [1.807, 2.05) is 36.4 Å². The van der Waals surface area contributed by atoms with Gasteiger partial charge < -0.3 is 25.4 Å². The van der Waals surface area contributed by atoms with Crippen molar-refractivity contribution in [3.8, 4) is 0 Å². The molecule has 2 atom stereocenters. The molecule has 4 rings (SSSR count). The molecule has 0 saturated heterocycles. The van der Waals surface area contributed by atoms with Crippen molar-refractivity contribution in [2.24, 2.45) is 5.92 Å². The van der Waals surface area contributed by atoms with Gasteiger partial charge in [0, 0.05) is 25.2 Å². The van der Waals surface area contributed by atoms with E-state index in [0.29, 0.717) is 36.8 Å². The zero-order valence-corrected chi connectivity index (χ0v) is 20.5. The molecule has 3 aromatic carbocycles. The SMILES string of the molecule is COCCN(Cc1ccc(Cl)cc1)c1ccc([C@H]2C[C@H]2C(=O)O)cc1NC(=O)Nc1ccccc1F. The van der Waals surface area contributed by atoms with Crippen LogP contribution in [0, 0.1) is 11.7 Å². The Balaban J connectivity index is 1.64. The van der Waals surface area contributed by atoms with Gasteiger partial charge in [-0.05, 0) is 59.9 Å². The minimum absolute atomic E-state index is 0.0539. The molecule has 0 radical (unpaired) electrons. The van der Waals surface area contributed by atoms with Gasteiger partial charge in [-0.25, -0.2) is 9.18 Å². The van der Waals surface area contributed by atoms with Crippen molar-refractivity contribution >= 4 is 40.7 Å². The standard InChI is InChI=1S/C27H27ClFN3O4/c1-36-13-12-32(16-17-6-9-19(28)10-7-17)25-11-8-18(20-15-21(20)26(33)34)14-24(25)31-27(35)30-23-5-3-2-4-22(23)29/h2-11,14,20-21H,12-13,15-16H2,1H3,(H,33,34)(H2,30,31,35)/t20-,21-/m1/s1. The number of methoxy groups -OCH3 is 1. The second kappa shape index (κ2) is 11.4. The van der Waals surface area contributed by atoms with Gasteiger partial charge in [-0.2, -0.15) is 0 Å². The van der Waals surface area contributed by atoms with E-state index in [0.717, 1.165) is 16.8 Å². The number of benzene rings is 3. The molecule has 0 unspecified atom stereocenters. The summed E-state index contributed by atoms with van der Waals surface area (Å²) in [7, 11) is 1.61. The largest absolute Gasteiger partial charge is 0.481 e. The third-order valence-corrected chi connectivity index (χ3v) is 6.37. The number of carbonyl (C=O) groups excluding carboxylic acids is 1. The van der Waals surface area contributed by atoms with E-state index in [-0.39, 0.29) is 11.6 Å². The van der Waals surface area contributed by atoms with Crippen LogP contribution >= 0.6 is 11.6 Å². The molecular formula is C27H27ClFN3O4. The lowest BCUT2D eigenvalue weighted by Gasteiger charge is -2.28. The summed E-state index contributed by atoms with van der Waals surface area (Å²) >= 11 is 6.04. The number of para-hydroxylation sites is 1. The highest BCUT2D eigenvalue weighted by Gasteiger charge is 2.44. The van der Waals surface area contributed by atoms with E-state index in [4.69, 9.17) is 16.3 Å². The molecular weight excluding hydrogens is 485 g/mol. The van der Waals surface area contributed by atoms with Gasteiger partial charge in [0.05, 0.1) is 29.6 Å². The van der Waals surface area contributed by atoms with Gasteiger partial charge in [0.25, 0.3) is 0 Å². The zero-order valence-electron chi connectivity index (χ0n) is 19.7. The molecule has 7 nitrogen and oxygen atoms in total. The first-order chi connectivity index (χ1) is 17.4. The predicted octanol–water partition coefficient (Wildman–Crippen LogP) is 5.96. The fourth-order valence-corrected chi connectivity index (χ4v) is 4.26. The van der Waals surface area contributed by atoms with Crippen molar-refractivity contribution in [3.05, 3.63) is 88.7 Å². The number of amides is 2. The topological polar surface area (TPSA) is 90.9 Å². The Morgan fingerprint density at radius 1 is 1.08 bits per heavy atom. The normalized spacial score (nSPS) is 16.3. The second-order valence-electron chi connectivity index (χ2n) is 8.66. The quantitative estimate of drug-likeness (QED) is 0.312. The Morgan fingerprint density at radius 3 is 2.47 bits per heavy atom. The van der Waals surface area contributed by atoms with Crippen molar-refractivity contribution in [1.29, 1.82) is 0 Å². The molecule has 188 valence electrons. The molecule has 1 aliphatic carbocycles. The molecule has 0 spiro atoms. The number of carboxylic acid groups (broad SMARTS) is 1. The van der Waals surface area contributed by atoms with Crippen molar-refractivity contribution in [3.63, 3.8) is 0 Å². The lowest BCUT2D eigenvalue weighted by molar-refractivity contribution is -0.138. The van der Waals surface area contributed by atoms with Gasteiger partial charge in [0.15, 0.2) is 0 Å². The van der Waals surface area contributed by atoms with Gasteiger partial charge in [-0.3, -0.25) is 4.79 Å². The average Bonchev–Trinajstić information content (AvgIpc) is 3.66. The molecule has 3 aromatic rings. The summed E-state index contributed by atoms with van der Waals surface area (Å²) in [5.74, 6) is -1.93. The summed E-state index contributed by atoms with van der Waals surface area (Å²) in [5.41, 5.74) is 3.10. The van der Waals surface area contributed by atoms with Crippen LogP contribution in [0.1, 0.15) is 23.5 Å². The fourth-order valence-electron chi connectivity index (χ4n) is 4.13. The van der Waals surface area contributed by atoms with Crippen LogP contribution in [0.15, 0.2) is 66.7 Å². The molecule has 0 heterocycles. The molecule has 1 aliphatic rings. The maximum Gasteiger partial charge on any atom is 0.323 e. The third-order valence-electron chi connectivity index (χ3n) is 6.12. The number of urea groups is 1. The van der Waals surface area contributed by atoms with Crippen LogP contribution in [0.25, 0.3) is 0 Å². The van der Waals surface area contributed by atoms with Crippen LogP contribution in [0.2, 0.25) is 5.02 Å². The van der Waals surface area contributed by atoms with E-state index in [9.17, 15) is 19.1 Å². The average molecular weight is 512 g/mol. The van der Waals surface area contributed by atoms with Crippen LogP contribution in [0.4, 0.5) is 26.2 Å². The smallest absolute Gasteiger partial charge is 0.323 e. The Morgan fingerprint density at radius 2 is 1.81 bits per heavy atom. The van der Waals surface area contributed by atoms with E-state index < -0.39 is 23.7 Å². The minimum Gasteiger partial charge on any atom is -0.481 e. The minimum atomic E-state index is -0.833. The van der Waals surface area contributed by atoms with Crippen molar-refractivity contribution in [2.45, 2.75) is 18.9 Å². The number of halogens is 2. The monoisotopic (exact) mass is 511 g/mol. The summed E-state index contributed by atoms with van der Waals surface area (Å²) in [4.78, 5) is 26.3. The molecule has 0 aromatic heterocycles. The number of nitrogens with one attached hydrogen (secondary N) is 2. The number of carbonyl (C=O) groups is 2. The van der Waals surface area contributed by atoms with E-state index >= 15 is 0 Å². The molecule has 36 heavy (non-hydrogen) atoms. The Labute approximate surface area is 213 Å².